The van der Waals surface area contributed by atoms with E-state index in [1.807, 2.05) is 13.8 Å². The number of sulfonamides is 1. The van der Waals surface area contributed by atoms with Gasteiger partial charge in [-0.3, -0.25) is 13.9 Å². The molecule has 3 aromatic carbocycles. The van der Waals surface area contributed by atoms with Gasteiger partial charge in [-0.1, -0.05) is 84.9 Å². The van der Waals surface area contributed by atoms with E-state index in [1.165, 1.54) is 17.0 Å². The zero-order valence-electron chi connectivity index (χ0n) is 24.2. The molecule has 0 aromatic heterocycles. The van der Waals surface area contributed by atoms with Crippen molar-refractivity contribution in [1.29, 1.82) is 0 Å². The minimum atomic E-state index is -4.22. The van der Waals surface area contributed by atoms with Crippen LogP contribution in [-0.4, -0.2) is 44.3 Å². The number of unbranched alkanes of at least 4 members (excludes halogenated alkanes) is 1. The van der Waals surface area contributed by atoms with Gasteiger partial charge < -0.3 is 10.2 Å². The lowest BCUT2D eigenvalue weighted by Crippen LogP contribution is -2.52. The van der Waals surface area contributed by atoms with E-state index in [0.29, 0.717) is 32.7 Å². The highest BCUT2D eigenvalue weighted by molar-refractivity contribution is 7.92. The minimum Gasteiger partial charge on any atom is -0.354 e. The molecule has 0 saturated heterocycles. The normalized spacial score (nSPS) is 12.1. The number of nitrogens with one attached hydrogen (secondary N) is 1. The fourth-order valence-corrected chi connectivity index (χ4v) is 6.65. The first-order chi connectivity index (χ1) is 19.9. The van der Waals surface area contributed by atoms with Crippen LogP contribution in [0.5, 0.6) is 0 Å². The summed E-state index contributed by atoms with van der Waals surface area (Å²) < 4.78 is 29.2. The molecule has 0 aliphatic rings. The molecule has 0 radical (unpaired) electrons. The van der Waals surface area contributed by atoms with Crippen LogP contribution >= 0.6 is 34.8 Å². The average Bonchev–Trinajstić information content (AvgIpc) is 2.95. The number of benzene rings is 3. The van der Waals surface area contributed by atoms with E-state index >= 15 is 0 Å². The Kier molecular flexibility index (Phi) is 12.1. The predicted molar refractivity (Wildman–Crippen MR) is 171 cm³/mol. The Morgan fingerprint density at radius 3 is 2.07 bits per heavy atom. The summed E-state index contributed by atoms with van der Waals surface area (Å²) in [6, 6.07) is 15.4. The number of carbonyl (C=O) groups is 2. The van der Waals surface area contributed by atoms with Gasteiger partial charge in [0.25, 0.3) is 10.0 Å². The first kappa shape index (κ1) is 33.7. The van der Waals surface area contributed by atoms with E-state index < -0.39 is 28.5 Å². The molecule has 2 amide bonds. The van der Waals surface area contributed by atoms with E-state index in [-0.39, 0.29) is 29.5 Å². The summed E-state index contributed by atoms with van der Waals surface area (Å²) in [5.74, 6) is -0.937. The van der Waals surface area contributed by atoms with Gasteiger partial charge in [-0.25, -0.2) is 8.42 Å². The second-order valence-corrected chi connectivity index (χ2v) is 13.1. The van der Waals surface area contributed by atoms with Crippen molar-refractivity contribution >= 4 is 62.3 Å². The van der Waals surface area contributed by atoms with Crippen LogP contribution in [0.2, 0.25) is 15.1 Å². The molecule has 1 unspecified atom stereocenters. The van der Waals surface area contributed by atoms with E-state index in [0.717, 1.165) is 22.7 Å². The second-order valence-electron chi connectivity index (χ2n) is 10.00. The van der Waals surface area contributed by atoms with Crippen molar-refractivity contribution in [2.45, 2.75) is 64.4 Å². The van der Waals surface area contributed by atoms with Gasteiger partial charge in [-0.2, -0.15) is 0 Å². The molecule has 0 heterocycles. The molecule has 0 spiro atoms. The summed E-state index contributed by atoms with van der Waals surface area (Å²) in [5.41, 5.74) is 2.10. The van der Waals surface area contributed by atoms with Crippen LogP contribution < -0.4 is 9.62 Å². The highest BCUT2D eigenvalue weighted by atomic mass is 35.5. The van der Waals surface area contributed by atoms with E-state index in [4.69, 9.17) is 34.8 Å². The number of hydrogen-bond acceptors (Lipinski definition) is 4. The third-order valence-corrected chi connectivity index (χ3v) is 9.89. The molecule has 0 saturated carbocycles. The van der Waals surface area contributed by atoms with Crippen LogP contribution in [-0.2, 0) is 26.2 Å². The predicted octanol–water partition coefficient (Wildman–Crippen LogP) is 7.18. The van der Waals surface area contributed by atoms with Crippen LogP contribution in [0.15, 0.2) is 65.6 Å². The fraction of sp³-hybridized carbons (Fsp3) is 0.355. The Labute approximate surface area is 263 Å². The van der Waals surface area contributed by atoms with E-state index in [2.05, 4.69) is 5.32 Å². The van der Waals surface area contributed by atoms with Gasteiger partial charge in [0.1, 0.15) is 12.6 Å². The number of nitrogens with zero attached hydrogens (tertiary/aromatic N) is 2. The van der Waals surface area contributed by atoms with Crippen LogP contribution in [0.3, 0.4) is 0 Å². The number of carbonyl (C=O) groups excluding carboxylic acids is 2. The molecule has 42 heavy (non-hydrogen) atoms. The lowest BCUT2D eigenvalue weighted by molar-refractivity contribution is -0.140. The topological polar surface area (TPSA) is 86.8 Å². The monoisotopic (exact) mass is 651 g/mol. The van der Waals surface area contributed by atoms with Gasteiger partial charge in [0.2, 0.25) is 11.8 Å². The molecule has 1 atom stereocenters. The smallest absolute Gasteiger partial charge is 0.264 e. The van der Waals surface area contributed by atoms with Crippen molar-refractivity contribution in [3.63, 3.8) is 0 Å². The summed E-state index contributed by atoms with van der Waals surface area (Å²) in [4.78, 5) is 28.9. The molecule has 3 aromatic rings. The minimum absolute atomic E-state index is 0.0188. The van der Waals surface area contributed by atoms with Gasteiger partial charge >= 0.3 is 0 Å². The Balaban J connectivity index is 2.12. The van der Waals surface area contributed by atoms with Crippen molar-refractivity contribution in [3.05, 3.63) is 92.4 Å². The summed E-state index contributed by atoms with van der Waals surface area (Å²) in [6.45, 7) is 7.13. The number of aryl methyl sites for hydroxylation is 1. The zero-order chi connectivity index (χ0) is 31.0. The summed E-state index contributed by atoms with van der Waals surface area (Å²) in [6.07, 6.45) is 1.95. The molecule has 3 rings (SSSR count). The zero-order valence-corrected chi connectivity index (χ0v) is 27.2. The lowest BCUT2D eigenvalue weighted by atomic mass is 10.1. The Hall–Kier alpha value is -2.78. The highest BCUT2D eigenvalue weighted by Gasteiger charge is 2.35. The SMILES string of the molecule is CCCCNC(=O)C(CC)N(Cc1c(Cl)cccc1Cl)C(=O)CN(c1cccc(Cl)c1C)S(=O)(=O)c1ccc(C)cc1. The molecule has 0 aliphatic heterocycles. The van der Waals surface area contributed by atoms with Gasteiger partial charge in [0.05, 0.1) is 10.6 Å². The fourth-order valence-electron chi connectivity index (χ4n) is 4.50. The molecule has 0 bridgehead atoms. The molecule has 226 valence electrons. The quantitative estimate of drug-likeness (QED) is 0.198. The standard InChI is InChI=1S/C31H36Cl3N3O4S/c1-5-7-18-35-31(39)28(6-2)36(19-24-26(33)11-8-12-27(24)34)30(38)20-37(29-13-9-10-25(32)22(29)4)42(40,41)23-16-14-21(3)15-17-23/h8-17,28H,5-7,18-20H2,1-4H3,(H,35,39). The van der Waals surface area contributed by atoms with E-state index in [9.17, 15) is 18.0 Å². The molecule has 0 aliphatic carbocycles. The lowest BCUT2D eigenvalue weighted by Gasteiger charge is -2.34. The van der Waals surface area contributed by atoms with Crippen LogP contribution in [0.4, 0.5) is 5.69 Å². The molecular weight excluding hydrogens is 617 g/mol. The average molecular weight is 653 g/mol. The highest BCUT2D eigenvalue weighted by Crippen LogP contribution is 2.32. The van der Waals surface area contributed by atoms with Gasteiger partial charge in [0.15, 0.2) is 0 Å². The summed E-state index contributed by atoms with van der Waals surface area (Å²) >= 11 is 19.3. The Bertz CT molecular complexity index is 1490. The van der Waals surface area contributed by atoms with Gasteiger partial charge in [-0.05, 0) is 68.7 Å². The number of rotatable bonds is 13. The number of halogens is 3. The number of amides is 2. The van der Waals surface area contributed by atoms with E-state index in [1.54, 1.807) is 62.4 Å². The summed E-state index contributed by atoms with van der Waals surface area (Å²) in [7, 11) is -4.22. The largest absolute Gasteiger partial charge is 0.354 e. The van der Waals surface area contributed by atoms with Crippen LogP contribution in [0, 0.1) is 13.8 Å². The van der Waals surface area contributed by atoms with Crippen molar-refractivity contribution in [3.8, 4) is 0 Å². The first-order valence-electron chi connectivity index (χ1n) is 13.8. The van der Waals surface area contributed by atoms with Crippen molar-refractivity contribution < 1.29 is 18.0 Å². The Morgan fingerprint density at radius 2 is 1.48 bits per heavy atom. The molecule has 11 heteroatoms. The molecule has 1 N–H and O–H groups in total. The van der Waals surface area contributed by atoms with Gasteiger partial charge in [0, 0.05) is 33.7 Å². The maximum atomic E-state index is 14.2. The Morgan fingerprint density at radius 1 is 0.881 bits per heavy atom. The summed E-state index contributed by atoms with van der Waals surface area (Å²) in [5, 5.41) is 3.91. The third kappa shape index (κ3) is 7.98. The maximum absolute atomic E-state index is 14.2. The first-order valence-corrected chi connectivity index (χ1v) is 16.3. The van der Waals surface area contributed by atoms with Crippen LogP contribution in [0.1, 0.15) is 49.8 Å². The van der Waals surface area contributed by atoms with Crippen LogP contribution in [0.25, 0.3) is 0 Å². The van der Waals surface area contributed by atoms with Gasteiger partial charge in [-0.15, -0.1) is 0 Å². The van der Waals surface area contributed by atoms with Crippen molar-refractivity contribution in [2.24, 2.45) is 0 Å². The van der Waals surface area contributed by atoms with Crippen molar-refractivity contribution in [1.82, 2.24) is 10.2 Å². The maximum Gasteiger partial charge on any atom is 0.264 e. The van der Waals surface area contributed by atoms with Crippen molar-refractivity contribution in [2.75, 3.05) is 17.4 Å². The number of hydrogen-bond donors (Lipinski definition) is 1. The molecular formula is C31H36Cl3N3O4S. The number of anilines is 1. The third-order valence-electron chi connectivity index (χ3n) is 7.00. The second kappa shape index (κ2) is 15.1. The molecule has 0 fully saturated rings. The molecule has 7 nitrogen and oxygen atoms in total.